The first-order valence-electron chi connectivity index (χ1n) is 7.06. The third-order valence-electron chi connectivity index (χ3n) is 2.96. The molecule has 8 nitrogen and oxygen atoms in total. The minimum Gasteiger partial charge on any atom is -0.490 e. The van der Waals surface area contributed by atoms with Gasteiger partial charge >= 0.3 is 11.9 Å². The number of hydrogen-bond acceptors (Lipinski definition) is 5. The lowest BCUT2D eigenvalue weighted by Crippen LogP contribution is -2.28. The SMILES string of the molecule is C/C=C\C(C(=O)O)C(=O)Nc1ccc(OCCOC)c(C(=O)O)c1. The zero-order chi connectivity index (χ0) is 18.1. The molecule has 24 heavy (non-hydrogen) atoms. The van der Waals surface area contributed by atoms with Crippen LogP contribution in [0, 0.1) is 5.92 Å². The zero-order valence-electron chi connectivity index (χ0n) is 13.3. The summed E-state index contributed by atoms with van der Waals surface area (Å²) in [6.07, 6.45) is 2.69. The molecule has 3 N–H and O–H groups in total. The summed E-state index contributed by atoms with van der Waals surface area (Å²) < 4.78 is 10.1. The zero-order valence-corrected chi connectivity index (χ0v) is 13.3. The molecule has 0 bridgehead atoms. The molecule has 1 atom stereocenters. The Kier molecular flexibility index (Phi) is 7.44. The molecule has 1 aromatic carbocycles. The van der Waals surface area contributed by atoms with Crippen molar-refractivity contribution >= 4 is 23.5 Å². The molecule has 0 saturated carbocycles. The van der Waals surface area contributed by atoms with Crippen LogP contribution in [0.15, 0.2) is 30.4 Å². The normalized spacial score (nSPS) is 11.9. The number of nitrogens with one attached hydrogen (secondary N) is 1. The van der Waals surface area contributed by atoms with E-state index >= 15 is 0 Å². The lowest BCUT2D eigenvalue weighted by molar-refractivity contribution is -0.143. The first kappa shape index (κ1) is 19.2. The lowest BCUT2D eigenvalue weighted by Gasteiger charge is -2.13. The van der Waals surface area contributed by atoms with Crippen LogP contribution in [0.4, 0.5) is 5.69 Å². The Bertz CT molecular complexity index is 639. The molecular weight excluding hydrogens is 318 g/mol. The van der Waals surface area contributed by atoms with E-state index in [1.54, 1.807) is 6.92 Å². The highest BCUT2D eigenvalue weighted by Crippen LogP contribution is 2.23. The van der Waals surface area contributed by atoms with Crippen molar-refractivity contribution < 1.29 is 34.1 Å². The number of benzene rings is 1. The summed E-state index contributed by atoms with van der Waals surface area (Å²) in [6, 6.07) is 4.03. The summed E-state index contributed by atoms with van der Waals surface area (Å²) in [6.45, 7) is 2.06. The molecule has 0 aliphatic carbocycles. The average Bonchev–Trinajstić information content (AvgIpc) is 2.53. The second kappa shape index (κ2) is 9.31. The quantitative estimate of drug-likeness (QED) is 0.355. The minimum atomic E-state index is -1.36. The van der Waals surface area contributed by atoms with Crippen molar-refractivity contribution in [1.82, 2.24) is 0 Å². The third kappa shape index (κ3) is 5.40. The number of carboxylic acids is 2. The number of methoxy groups -OCH3 is 1. The van der Waals surface area contributed by atoms with Crippen molar-refractivity contribution in [3.05, 3.63) is 35.9 Å². The molecule has 0 aliphatic rings. The molecule has 0 spiro atoms. The van der Waals surface area contributed by atoms with Crippen molar-refractivity contribution in [3.8, 4) is 5.75 Å². The van der Waals surface area contributed by atoms with Crippen molar-refractivity contribution in [2.24, 2.45) is 5.92 Å². The van der Waals surface area contributed by atoms with E-state index < -0.39 is 23.8 Å². The highest BCUT2D eigenvalue weighted by Gasteiger charge is 2.23. The van der Waals surface area contributed by atoms with Gasteiger partial charge in [-0.2, -0.15) is 0 Å². The number of amides is 1. The molecule has 1 amide bonds. The van der Waals surface area contributed by atoms with Gasteiger partial charge in [0.1, 0.15) is 17.9 Å². The Labute approximate surface area is 138 Å². The van der Waals surface area contributed by atoms with E-state index in [1.165, 1.54) is 37.5 Å². The van der Waals surface area contributed by atoms with Gasteiger partial charge in [-0.3, -0.25) is 9.59 Å². The van der Waals surface area contributed by atoms with Gasteiger partial charge in [-0.1, -0.05) is 12.2 Å². The molecule has 1 unspecified atom stereocenters. The van der Waals surface area contributed by atoms with Crippen LogP contribution in [0.2, 0.25) is 0 Å². The van der Waals surface area contributed by atoms with Crippen LogP contribution in [-0.4, -0.2) is 48.4 Å². The fourth-order valence-electron chi connectivity index (χ4n) is 1.83. The van der Waals surface area contributed by atoms with E-state index in [0.29, 0.717) is 6.61 Å². The van der Waals surface area contributed by atoms with E-state index in [4.69, 9.17) is 14.6 Å². The van der Waals surface area contributed by atoms with Gasteiger partial charge in [0.25, 0.3) is 0 Å². The van der Waals surface area contributed by atoms with Crippen LogP contribution < -0.4 is 10.1 Å². The molecule has 0 saturated heterocycles. The van der Waals surface area contributed by atoms with E-state index in [9.17, 15) is 19.5 Å². The molecule has 8 heteroatoms. The number of carboxylic acid groups (broad SMARTS) is 2. The maximum absolute atomic E-state index is 12.0. The topological polar surface area (TPSA) is 122 Å². The Hall–Kier alpha value is -2.87. The van der Waals surface area contributed by atoms with Gasteiger partial charge < -0.3 is 25.0 Å². The summed E-state index contributed by atoms with van der Waals surface area (Å²) >= 11 is 0. The number of allylic oxidation sites excluding steroid dienone is 1. The molecular formula is C16H19NO7. The Morgan fingerprint density at radius 1 is 1.25 bits per heavy atom. The summed E-state index contributed by atoms with van der Waals surface area (Å²) in [5.74, 6) is -4.54. The lowest BCUT2D eigenvalue weighted by atomic mass is 10.1. The highest BCUT2D eigenvalue weighted by molar-refractivity contribution is 6.06. The van der Waals surface area contributed by atoms with Gasteiger partial charge in [0.05, 0.1) is 6.61 Å². The molecule has 130 valence electrons. The first-order chi connectivity index (χ1) is 11.4. The van der Waals surface area contributed by atoms with Crippen LogP contribution in [0.5, 0.6) is 5.75 Å². The van der Waals surface area contributed by atoms with Crippen LogP contribution in [0.1, 0.15) is 17.3 Å². The summed E-state index contributed by atoms with van der Waals surface area (Å²) in [7, 11) is 1.49. The standard InChI is InChI=1S/C16H19NO7/c1-3-4-11(15(19)20)14(18)17-10-5-6-13(24-8-7-23-2)12(9-10)16(21)22/h3-6,9,11H,7-8H2,1-2H3,(H,17,18)(H,19,20)(H,21,22)/b4-3-. The van der Waals surface area contributed by atoms with Crippen LogP contribution >= 0.6 is 0 Å². The Balaban J connectivity index is 2.96. The highest BCUT2D eigenvalue weighted by atomic mass is 16.5. The monoisotopic (exact) mass is 337 g/mol. The molecule has 1 aromatic rings. The fourth-order valence-corrected chi connectivity index (χ4v) is 1.83. The maximum atomic E-state index is 12.0. The smallest absolute Gasteiger partial charge is 0.339 e. The summed E-state index contributed by atoms with van der Waals surface area (Å²) in [5, 5.41) is 20.6. The Morgan fingerprint density at radius 3 is 2.50 bits per heavy atom. The Morgan fingerprint density at radius 2 is 1.96 bits per heavy atom. The van der Waals surface area contributed by atoms with Crippen LogP contribution in [0.25, 0.3) is 0 Å². The number of anilines is 1. The number of carbonyl (C=O) groups is 3. The molecule has 1 rings (SSSR count). The average molecular weight is 337 g/mol. The van der Waals surface area contributed by atoms with Gasteiger partial charge in [0.15, 0.2) is 5.92 Å². The number of aromatic carboxylic acids is 1. The second-order valence-corrected chi connectivity index (χ2v) is 4.69. The van der Waals surface area contributed by atoms with E-state index in [2.05, 4.69) is 5.32 Å². The van der Waals surface area contributed by atoms with Crippen molar-refractivity contribution in [2.75, 3.05) is 25.6 Å². The molecule has 0 aromatic heterocycles. The number of carbonyl (C=O) groups excluding carboxylic acids is 1. The predicted molar refractivity (Wildman–Crippen MR) is 85.3 cm³/mol. The van der Waals surface area contributed by atoms with Gasteiger partial charge in [-0.15, -0.1) is 0 Å². The van der Waals surface area contributed by atoms with E-state index in [-0.39, 0.29) is 23.6 Å². The number of hydrogen-bond donors (Lipinski definition) is 3. The maximum Gasteiger partial charge on any atom is 0.339 e. The minimum absolute atomic E-state index is 0.126. The summed E-state index contributed by atoms with van der Waals surface area (Å²) in [4.78, 5) is 34.3. The largest absolute Gasteiger partial charge is 0.490 e. The third-order valence-corrected chi connectivity index (χ3v) is 2.96. The van der Waals surface area contributed by atoms with Gasteiger partial charge in [-0.25, -0.2) is 4.79 Å². The van der Waals surface area contributed by atoms with Crippen LogP contribution in [-0.2, 0) is 14.3 Å². The van der Waals surface area contributed by atoms with Gasteiger partial charge in [0.2, 0.25) is 5.91 Å². The molecule has 0 aliphatic heterocycles. The van der Waals surface area contributed by atoms with Crippen molar-refractivity contribution in [1.29, 1.82) is 0 Å². The van der Waals surface area contributed by atoms with E-state index in [1.807, 2.05) is 0 Å². The van der Waals surface area contributed by atoms with Gasteiger partial charge in [-0.05, 0) is 25.1 Å². The van der Waals surface area contributed by atoms with Crippen molar-refractivity contribution in [3.63, 3.8) is 0 Å². The molecule has 0 fully saturated rings. The molecule has 0 heterocycles. The fraction of sp³-hybridized carbons (Fsp3) is 0.312. The number of aliphatic carboxylic acids is 1. The second-order valence-electron chi connectivity index (χ2n) is 4.69. The summed E-state index contributed by atoms with van der Waals surface area (Å²) in [5.41, 5.74) is 0.00839. The first-order valence-corrected chi connectivity index (χ1v) is 7.06. The number of ether oxygens (including phenoxy) is 2. The van der Waals surface area contributed by atoms with E-state index in [0.717, 1.165) is 0 Å². The van der Waals surface area contributed by atoms with Gasteiger partial charge in [0, 0.05) is 12.8 Å². The van der Waals surface area contributed by atoms with Crippen molar-refractivity contribution in [2.45, 2.75) is 6.92 Å². The molecule has 0 radical (unpaired) electrons. The predicted octanol–water partition coefficient (Wildman–Crippen LogP) is 1.63. The van der Waals surface area contributed by atoms with Crippen LogP contribution in [0.3, 0.4) is 0 Å². The number of rotatable bonds is 9.